The van der Waals surface area contributed by atoms with E-state index in [0.29, 0.717) is 35.3 Å². The zero-order valence-electron chi connectivity index (χ0n) is 17.4. The fraction of sp³-hybridized carbons (Fsp3) is 0.217. The monoisotopic (exact) mass is 434 g/mol. The number of benzene rings is 2. The van der Waals surface area contributed by atoms with E-state index in [0.717, 1.165) is 22.4 Å². The van der Waals surface area contributed by atoms with Crippen molar-refractivity contribution in [3.63, 3.8) is 0 Å². The van der Waals surface area contributed by atoms with E-state index in [4.69, 9.17) is 11.6 Å². The summed E-state index contributed by atoms with van der Waals surface area (Å²) < 4.78 is 1.68. The molecule has 2 N–H and O–H groups in total. The highest BCUT2D eigenvalue weighted by Gasteiger charge is 2.11. The molecule has 4 rings (SSSR count). The van der Waals surface area contributed by atoms with Gasteiger partial charge in [0.2, 0.25) is 5.91 Å². The largest absolute Gasteiger partial charge is 0.365 e. The van der Waals surface area contributed by atoms with Crippen LogP contribution in [0.2, 0.25) is 5.02 Å². The lowest BCUT2D eigenvalue weighted by molar-refractivity contribution is -0.116. The third-order valence-corrected chi connectivity index (χ3v) is 5.21. The van der Waals surface area contributed by atoms with Gasteiger partial charge in [-0.25, -0.2) is 0 Å². The van der Waals surface area contributed by atoms with Crippen molar-refractivity contribution in [1.82, 2.24) is 19.8 Å². The van der Waals surface area contributed by atoms with Crippen molar-refractivity contribution in [2.24, 2.45) is 0 Å². The zero-order chi connectivity index (χ0) is 21.8. The van der Waals surface area contributed by atoms with E-state index in [9.17, 15) is 4.79 Å². The van der Waals surface area contributed by atoms with Crippen molar-refractivity contribution in [2.75, 3.05) is 10.6 Å². The van der Waals surface area contributed by atoms with E-state index < -0.39 is 0 Å². The van der Waals surface area contributed by atoms with E-state index in [1.54, 1.807) is 4.52 Å². The summed E-state index contributed by atoms with van der Waals surface area (Å²) in [6.45, 7) is 4.59. The molecule has 31 heavy (non-hydrogen) atoms. The van der Waals surface area contributed by atoms with Gasteiger partial charge in [0.25, 0.3) is 0 Å². The average molecular weight is 435 g/mol. The molecule has 2 aromatic carbocycles. The van der Waals surface area contributed by atoms with Crippen LogP contribution in [-0.2, 0) is 17.8 Å². The first-order chi connectivity index (χ1) is 15.0. The van der Waals surface area contributed by atoms with Gasteiger partial charge in [-0.3, -0.25) is 4.79 Å². The number of hydrogen-bond acceptors (Lipinski definition) is 5. The molecule has 7 nitrogen and oxygen atoms in total. The molecule has 0 saturated heterocycles. The van der Waals surface area contributed by atoms with Gasteiger partial charge in [-0.1, -0.05) is 35.9 Å². The van der Waals surface area contributed by atoms with Crippen molar-refractivity contribution in [1.29, 1.82) is 0 Å². The first-order valence-electron chi connectivity index (χ1n) is 10.0. The summed E-state index contributed by atoms with van der Waals surface area (Å²) >= 11 is 5.93. The molecule has 2 aromatic heterocycles. The number of hydrogen-bond donors (Lipinski definition) is 2. The van der Waals surface area contributed by atoms with E-state index in [1.165, 1.54) is 0 Å². The van der Waals surface area contributed by atoms with Crippen LogP contribution in [0, 0.1) is 13.8 Å². The quantitative estimate of drug-likeness (QED) is 0.445. The molecule has 1 amide bonds. The van der Waals surface area contributed by atoms with Crippen LogP contribution in [0.1, 0.15) is 28.9 Å². The SMILES string of the molecule is Cc1ccc(C)c(NC(=O)CCc2nnc3ccc(NCc4ccc(Cl)cc4)nn23)c1. The maximum atomic E-state index is 12.4. The Balaban J connectivity index is 1.40. The Hall–Kier alpha value is -3.45. The molecule has 0 aliphatic heterocycles. The van der Waals surface area contributed by atoms with Crippen molar-refractivity contribution in [3.05, 3.63) is 82.1 Å². The zero-order valence-corrected chi connectivity index (χ0v) is 18.1. The van der Waals surface area contributed by atoms with Gasteiger partial charge in [-0.15, -0.1) is 15.3 Å². The molecule has 0 fully saturated rings. The Morgan fingerprint density at radius 2 is 1.84 bits per heavy atom. The maximum absolute atomic E-state index is 12.4. The average Bonchev–Trinajstić information content (AvgIpc) is 3.17. The summed E-state index contributed by atoms with van der Waals surface area (Å²) in [6.07, 6.45) is 0.726. The summed E-state index contributed by atoms with van der Waals surface area (Å²) in [4.78, 5) is 12.4. The Labute approximate surface area is 185 Å². The molecule has 2 heterocycles. The second kappa shape index (κ2) is 9.14. The number of aryl methyl sites for hydroxylation is 3. The van der Waals surface area contributed by atoms with Crippen LogP contribution in [0.15, 0.2) is 54.6 Å². The molecule has 0 unspecified atom stereocenters. The minimum Gasteiger partial charge on any atom is -0.365 e. The van der Waals surface area contributed by atoms with Crippen LogP contribution in [0.25, 0.3) is 5.65 Å². The molecule has 4 aromatic rings. The number of anilines is 2. The van der Waals surface area contributed by atoms with Crippen molar-refractivity contribution in [3.8, 4) is 0 Å². The van der Waals surface area contributed by atoms with Gasteiger partial charge in [-0.2, -0.15) is 4.52 Å². The second-order valence-corrected chi connectivity index (χ2v) is 7.89. The fourth-order valence-corrected chi connectivity index (χ4v) is 3.31. The van der Waals surface area contributed by atoms with Crippen molar-refractivity contribution in [2.45, 2.75) is 33.2 Å². The summed E-state index contributed by atoms with van der Waals surface area (Å²) in [5, 5.41) is 19.9. The van der Waals surface area contributed by atoms with Crippen molar-refractivity contribution >= 4 is 34.7 Å². The Kier molecular flexibility index (Phi) is 6.13. The number of halogens is 1. The molecule has 0 bridgehead atoms. The van der Waals surface area contributed by atoms with Crippen LogP contribution < -0.4 is 10.6 Å². The topological polar surface area (TPSA) is 84.2 Å². The maximum Gasteiger partial charge on any atom is 0.224 e. The third kappa shape index (κ3) is 5.19. The van der Waals surface area contributed by atoms with Gasteiger partial charge in [0, 0.05) is 30.1 Å². The summed E-state index contributed by atoms with van der Waals surface area (Å²) in [5.74, 6) is 1.27. The number of amides is 1. The van der Waals surface area contributed by atoms with Crippen LogP contribution in [-0.4, -0.2) is 25.7 Å². The van der Waals surface area contributed by atoms with E-state index in [1.807, 2.05) is 68.4 Å². The lowest BCUT2D eigenvalue weighted by atomic mass is 10.1. The van der Waals surface area contributed by atoms with Gasteiger partial charge in [0.1, 0.15) is 5.82 Å². The van der Waals surface area contributed by atoms with E-state index in [-0.39, 0.29) is 12.3 Å². The Morgan fingerprint density at radius 3 is 2.65 bits per heavy atom. The summed E-state index contributed by atoms with van der Waals surface area (Å²) in [6, 6.07) is 17.4. The first kappa shape index (κ1) is 20.8. The lowest BCUT2D eigenvalue weighted by Crippen LogP contribution is -2.14. The Bertz CT molecular complexity index is 1220. The van der Waals surface area contributed by atoms with Gasteiger partial charge < -0.3 is 10.6 Å². The number of aromatic nitrogens is 4. The lowest BCUT2D eigenvalue weighted by Gasteiger charge is -2.09. The van der Waals surface area contributed by atoms with E-state index in [2.05, 4.69) is 25.9 Å². The molecule has 0 aliphatic carbocycles. The molecule has 158 valence electrons. The number of carbonyl (C=O) groups is 1. The van der Waals surface area contributed by atoms with Gasteiger partial charge in [0.15, 0.2) is 11.5 Å². The normalized spacial score (nSPS) is 10.9. The van der Waals surface area contributed by atoms with Crippen LogP contribution >= 0.6 is 11.6 Å². The number of carbonyl (C=O) groups excluding carboxylic acids is 1. The number of nitrogens with one attached hydrogen (secondary N) is 2. The summed E-state index contributed by atoms with van der Waals surface area (Å²) in [5.41, 5.74) is 4.71. The fourth-order valence-electron chi connectivity index (χ4n) is 3.19. The smallest absolute Gasteiger partial charge is 0.224 e. The first-order valence-corrected chi connectivity index (χ1v) is 10.4. The molecule has 0 aliphatic rings. The van der Waals surface area contributed by atoms with Crippen LogP contribution in [0.4, 0.5) is 11.5 Å². The third-order valence-electron chi connectivity index (χ3n) is 4.96. The van der Waals surface area contributed by atoms with Crippen molar-refractivity contribution < 1.29 is 4.79 Å². The minimum atomic E-state index is -0.0672. The van der Waals surface area contributed by atoms with Gasteiger partial charge in [0.05, 0.1) is 0 Å². The standard InChI is InChI=1S/C23H23ClN6O/c1-15-3-4-16(2)19(13-15)26-23(31)12-11-22-28-27-21-10-9-20(29-30(21)22)25-14-17-5-7-18(24)8-6-17/h3-10,13H,11-12,14H2,1-2H3,(H,25,29)(H,26,31). The molecule has 0 spiro atoms. The summed E-state index contributed by atoms with van der Waals surface area (Å²) in [7, 11) is 0. The van der Waals surface area contributed by atoms with Gasteiger partial charge >= 0.3 is 0 Å². The molecule has 0 atom stereocenters. The highest BCUT2D eigenvalue weighted by atomic mass is 35.5. The Morgan fingerprint density at radius 1 is 1.03 bits per heavy atom. The molecular formula is C23H23ClN6O. The van der Waals surface area contributed by atoms with Crippen LogP contribution in [0.3, 0.4) is 0 Å². The second-order valence-electron chi connectivity index (χ2n) is 7.45. The van der Waals surface area contributed by atoms with Crippen LogP contribution in [0.5, 0.6) is 0 Å². The molecular weight excluding hydrogens is 412 g/mol. The molecule has 0 saturated carbocycles. The minimum absolute atomic E-state index is 0.0672. The number of nitrogens with zero attached hydrogens (tertiary/aromatic N) is 4. The highest BCUT2D eigenvalue weighted by Crippen LogP contribution is 2.17. The number of rotatable bonds is 7. The molecule has 8 heteroatoms. The predicted molar refractivity (Wildman–Crippen MR) is 122 cm³/mol. The predicted octanol–water partition coefficient (Wildman–Crippen LogP) is 4.58. The highest BCUT2D eigenvalue weighted by molar-refractivity contribution is 6.30. The van der Waals surface area contributed by atoms with Gasteiger partial charge in [-0.05, 0) is 60.9 Å². The number of fused-ring (bicyclic) bond motifs is 1. The molecule has 0 radical (unpaired) electrons. The van der Waals surface area contributed by atoms with E-state index >= 15 is 0 Å².